The number of aromatic nitrogens is 2. The van der Waals surface area contributed by atoms with E-state index in [-0.39, 0.29) is 0 Å². The van der Waals surface area contributed by atoms with Gasteiger partial charge in [0.25, 0.3) is 0 Å². The lowest BCUT2D eigenvalue weighted by molar-refractivity contribution is 0.739. The van der Waals surface area contributed by atoms with Gasteiger partial charge in [-0.05, 0) is 24.6 Å². The lowest BCUT2D eigenvalue weighted by atomic mass is 10.0. The van der Waals surface area contributed by atoms with Gasteiger partial charge in [0.1, 0.15) is 0 Å². The normalized spacial score (nSPS) is 10.7. The minimum absolute atomic E-state index is 0.635. The first-order chi connectivity index (χ1) is 7.72. The van der Waals surface area contributed by atoms with E-state index in [9.17, 15) is 0 Å². The standard InChI is InChI=1S/C13H17N3/c1-10-5-3-4-6-11(10)12-9-16(2)15-13(12)7-8-14/h3-6,9H,7-8,14H2,1-2H3. The Bertz CT molecular complexity index is 486. The smallest absolute Gasteiger partial charge is 0.0715 e. The molecule has 16 heavy (non-hydrogen) atoms. The van der Waals surface area contributed by atoms with Crippen LogP contribution in [0, 0.1) is 6.92 Å². The molecule has 0 bridgehead atoms. The zero-order valence-corrected chi connectivity index (χ0v) is 9.77. The van der Waals surface area contributed by atoms with Crippen molar-refractivity contribution in [2.75, 3.05) is 6.54 Å². The summed E-state index contributed by atoms with van der Waals surface area (Å²) in [4.78, 5) is 0. The van der Waals surface area contributed by atoms with Crippen molar-refractivity contribution in [3.05, 3.63) is 41.7 Å². The average molecular weight is 215 g/mol. The highest BCUT2D eigenvalue weighted by molar-refractivity contribution is 5.68. The molecule has 0 unspecified atom stereocenters. The summed E-state index contributed by atoms with van der Waals surface area (Å²) in [6.07, 6.45) is 2.89. The molecular formula is C13H17N3. The molecule has 84 valence electrons. The monoisotopic (exact) mass is 215 g/mol. The molecule has 2 N–H and O–H groups in total. The van der Waals surface area contributed by atoms with E-state index in [0.29, 0.717) is 6.54 Å². The summed E-state index contributed by atoms with van der Waals surface area (Å²) >= 11 is 0. The molecule has 0 amide bonds. The highest BCUT2D eigenvalue weighted by atomic mass is 15.2. The van der Waals surface area contributed by atoms with Crippen LogP contribution in [0.3, 0.4) is 0 Å². The molecule has 2 rings (SSSR count). The first-order valence-corrected chi connectivity index (χ1v) is 5.51. The summed E-state index contributed by atoms with van der Waals surface area (Å²) in [5.41, 5.74) is 10.4. The Labute approximate surface area is 95.9 Å². The fraction of sp³-hybridized carbons (Fsp3) is 0.308. The quantitative estimate of drug-likeness (QED) is 0.849. The van der Waals surface area contributed by atoms with Crippen LogP contribution >= 0.6 is 0 Å². The summed E-state index contributed by atoms with van der Waals surface area (Å²) in [7, 11) is 1.95. The molecule has 0 aliphatic rings. The van der Waals surface area contributed by atoms with E-state index in [4.69, 9.17) is 5.73 Å². The van der Waals surface area contributed by atoms with Gasteiger partial charge in [-0.25, -0.2) is 0 Å². The van der Waals surface area contributed by atoms with Crippen LogP contribution in [-0.4, -0.2) is 16.3 Å². The molecular weight excluding hydrogens is 198 g/mol. The van der Waals surface area contributed by atoms with Crippen molar-refractivity contribution in [1.29, 1.82) is 0 Å². The fourth-order valence-corrected chi connectivity index (χ4v) is 1.96. The predicted octanol–water partition coefficient (Wildman–Crippen LogP) is 1.90. The SMILES string of the molecule is Cc1ccccc1-c1cn(C)nc1CCN. The Hall–Kier alpha value is -1.61. The molecule has 0 saturated carbocycles. The van der Waals surface area contributed by atoms with E-state index in [1.807, 2.05) is 11.7 Å². The van der Waals surface area contributed by atoms with Crippen LogP contribution in [0.2, 0.25) is 0 Å². The lowest BCUT2D eigenvalue weighted by Gasteiger charge is -2.04. The third kappa shape index (κ3) is 1.99. The van der Waals surface area contributed by atoms with Gasteiger partial charge in [-0.1, -0.05) is 24.3 Å². The van der Waals surface area contributed by atoms with E-state index < -0.39 is 0 Å². The van der Waals surface area contributed by atoms with E-state index >= 15 is 0 Å². The van der Waals surface area contributed by atoms with Crippen molar-refractivity contribution >= 4 is 0 Å². The Morgan fingerprint density at radius 3 is 2.69 bits per heavy atom. The zero-order valence-electron chi connectivity index (χ0n) is 9.77. The van der Waals surface area contributed by atoms with E-state index in [2.05, 4.69) is 42.5 Å². The summed E-state index contributed by atoms with van der Waals surface area (Å²) in [6, 6.07) is 8.36. The van der Waals surface area contributed by atoms with E-state index in [1.54, 1.807) is 0 Å². The van der Waals surface area contributed by atoms with E-state index in [1.165, 1.54) is 16.7 Å². The minimum Gasteiger partial charge on any atom is -0.330 e. The molecule has 0 spiro atoms. The van der Waals surface area contributed by atoms with Crippen molar-refractivity contribution in [2.45, 2.75) is 13.3 Å². The molecule has 0 atom stereocenters. The zero-order chi connectivity index (χ0) is 11.5. The van der Waals surface area contributed by atoms with Crippen LogP contribution in [0.1, 0.15) is 11.3 Å². The Balaban J connectivity index is 2.51. The van der Waals surface area contributed by atoms with E-state index in [0.717, 1.165) is 12.1 Å². The lowest BCUT2D eigenvalue weighted by Crippen LogP contribution is -2.04. The molecule has 2 aromatic rings. The van der Waals surface area contributed by atoms with Gasteiger partial charge in [0.05, 0.1) is 5.69 Å². The van der Waals surface area contributed by atoms with Crippen LogP contribution in [0.4, 0.5) is 0 Å². The fourth-order valence-electron chi connectivity index (χ4n) is 1.96. The second-order valence-electron chi connectivity index (χ2n) is 4.02. The largest absolute Gasteiger partial charge is 0.330 e. The van der Waals surface area contributed by atoms with Crippen LogP contribution in [0.15, 0.2) is 30.5 Å². The maximum absolute atomic E-state index is 5.61. The Morgan fingerprint density at radius 1 is 1.25 bits per heavy atom. The number of aryl methyl sites for hydroxylation is 2. The molecule has 0 aliphatic carbocycles. The number of hydrogen-bond acceptors (Lipinski definition) is 2. The third-order valence-corrected chi connectivity index (χ3v) is 2.72. The third-order valence-electron chi connectivity index (χ3n) is 2.72. The molecule has 1 aromatic carbocycles. The Kier molecular flexibility index (Phi) is 3.06. The molecule has 3 heteroatoms. The summed E-state index contributed by atoms with van der Waals surface area (Å²) in [5.74, 6) is 0. The highest BCUT2D eigenvalue weighted by Gasteiger charge is 2.10. The van der Waals surface area contributed by atoms with Gasteiger partial charge in [-0.3, -0.25) is 4.68 Å². The first-order valence-electron chi connectivity index (χ1n) is 5.51. The molecule has 0 fully saturated rings. The number of nitrogens with zero attached hydrogens (tertiary/aromatic N) is 2. The second-order valence-corrected chi connectivity index (χ2v) is 4.02. The molecule has 0 saturated heterocycles. The van der Waals surface area contributed by atoms with Crippen molar-refractivity contribution in [3.63, 3.8) is 0 Å². The maximum atomic E-state index is 5.61. The summed E-state index contributed by atoms with van der Waals surface area (Å²) < 4.78 is 1.85. The highest BCUT2D eigenvalue weighted by Crippen LogP contribution is 2.25. The van der Waals surface area contributed by atoms with Gasteiger partial charge >= 0.3 is 0 Å². The van der Waals surface area contributed by atoms with Gasteiger partial charge in [-0.2, -0.15) is 5.10 Å². The minimum atomic E-state index is 0.635. The van der Waals surface area contributed by atoms with Crippen molar-refractivity contribution in [3.8, 4) is 11.1 Å². The van der Waals surface area contributed by atoms with Crippen LogP contribution < -0.4 is 5.73 Å². The predicted molar refractivity (Wildman–Crippen MR) is 66.1 cm³/mol. The summed E-state index contributed by atoms with van der Waals surface area (Å²) in [6.45, 7) is 2.75. The van der Waals surface area contributed by atoms with Gasteiger partial charge < -0.3 is 5.73 Å². The molecule has 1 aromatic heterocycles. The second kappa shape index (κ2) is 4.49. The van der Waals surface area contributed by atoms with Crippen LogP contribution in [0.25, 0.3) is 11.1 Å². The Morgan fingerprint density at radius 2 is 2.00 bits per heavy atom. The number of rotatable bonds is 3. The molecule has 1 heterocycles. The van der Waals surface area contributed by atoms with Crippen molar-refractivity contribution in [2.24, 2.45) is 12.8 Å². The maximum Gasteiger partial charge on any atom is 0.0715 e. The van der Waals surface area contributed by atoms with Crippen LogP contribution in [-0.2, 0) is 13.5 Å². The van der Waals surface area contributed by atoms with Crippen molar-refractivity contribution < 1.29 is 0 Å². The topological polar surface area (TPSA) is 43.8 Å². The molecule has 0 aliphatic heterocycles. The number of nitrogens with two attached hydrogens (primary N) is 1. The van der Waals surface area contributed by atoms with Gasteiger partial charge in [0.15, 0.2) is 0 Å². The number of benzene rings is 1. The summed E-state index contributed by atoms with van der Waals surface area (Å²) in [5, 5.41) is 4.45. The average Bonchev–Trinajstić information content (AvgIpc) is 2.61. The van der Waals surface area contributed by atoms with Crippen LogP contribution in [0.5, 0.6) is 0 Å². The van der Waals surface area contributed by atoms with Crippen molar-refractivity contribution in [1.82, 2.24) is 9.78 Å². The van der Waals surface area contributed by atoms with Gasteiger partial charge in [-0.15, -0.1) is 0 Å². The number of hydrogen-bond donors (Lipinski definition) is 1. The molecule has 3 nitrogen and oxygen atoms in total. The van der Waals surface area contributed by atoms with Gasteiger partial charge in [0.2, 0.25) is 0 Å². The molecule has 0 radical (unpaired) electrons. The van der Waals surface area contributed by atoms with Gasteiger partial charge in [0, 0.05) is 25.2 Å². The first kappa shape index (κ1) is 10.9.